The Morgan fingerprint density at radius 3 is 2.53 bits per heavy atom. The zero-order valence-corrected chi connectivity index (χ0v) is 10.3. The summed E-state index contributed by atoms with van der Waals surface area (Å²) in [5.41, 5.74) is 7.15. The molecule has 17 heavy (non-hydrogen) atoms. The summed E-state index contributed by atoms with van der Waals surface area (Å²) in [6.07, 6.45) is 2.02. The third-order valence-corrected chi connectivity index (χ3v) is 3.11. The Labute approximate surface area is 106 Å². The van der Waals surface area contributed by atoms with Gasteiger partial charge in [-0.2, -0.15) is 0 Å². The smallest absolute Gasteiger partial charge is 0.336 e. The molecule has 1 aromatic rings. The molecular weight excluding hydrogens is 242 g/mol. The number of rotatable bonds is 3. The van der Waals surface area contributed by atoms with Crippen molar-refractivity contribution in [3.8, 4) is 5.75 Å². The van der Waals surface area contributed by atoms with Crippen LogP contribution in [-0.4, -0.2) is 16.2 Å². The second kappa shape index (κ2) is 4.94. The highest BCUT2D eigenvalue weighted by atomic mass is 35.5. The second-order valence-corrected chi connectivity index (χ2v) is 4.36. The van der Waals surface area contributed by atoms with Crippen molar-refractivity contribution in [2.75, 3.05) is 0 Å². The fraction of sp³-hybridized carbons (Fsp3) is 0.417. The molecule has 0 heterocycles. The van der Waals surface area contributed by atoms with E-state index in [0.717, 1.165) is 12.8 Å². The molecule has 0 aromatic heterocycles. The third kappa shape index (κ3) is 2.53. The number of hydrogen-bond acceptors (Lipinski definition) is 3. The monoisotopic (exact) mass is 257 g/mol. The predicted octanol–water partition coefficient (Wildman–Crippen LogP) is 2.23. The molecule has 5 heteroatoms. The summed E-state index contributed by atoms with van der Waals surface area (Å²) in [6, 6.07) is 2.74. The topological polar surface area (TPSA) is 83.5 Å². The molecule has 1 aromatic carbocycles. The molecule has 0 spiro atoms. The van der Waals surface area contributed by atoms with E-state index in [1.807, 2.05) is 0 Å². The summed E-state index contributed by atoms with van der Waals surface area (Å²) < 4.78 is 0. The highest BCUT2D eigenvalue weighted by Crippen LogP contribution is 2.43. The molecule has 2 rings (SSSR count). The van der Waals surface area contributed by atoms with Gasteiger partial charge in [0.15, 0.2) is 0 Å². The number of aromatic carboxylic acids is 1. The Hall–Kier alpha value is -1.26. The van der Waals surface area contributed by atoms with E-state index < -0.39 is 5.97 Å². The minimum Gasteiger partial charge on any atom is -0.507 e. The number of phenolic OH excluding ortho intramolecular Hbond substituents is 1. The molecule has 1 fully saturated rings. The molecule has 0 radical (unpaired) electrons. The van der Waals surface area contributed by atoms with E-state index in [1.165, 1.54) is 6.07 Å². The summed E-state index contributed by atoms with van der Waals surface area (Å²) in [7, 11) is 0. The number of phenols is 1. The maximum Gasteiger partial charge on any atom is 0.336 e. The lowest BCUT2D eigenvalue weighted by atomic mass is 9.94. The molecule has 1 saturated carbocycles. The van der Waals surface area contributed by atoms with E-state index >= 15 is 0 Å². The lowest BCUT2D eigenvalue weighted by Crippen LogP contribution is -2.17. The summed E-state index contributed by atoms with van der Waals surface area (Å²) in [6.45, 7) is 1.74. The highest BCUT2D eigenvalue weighted by Gasteiger charge is 2.33. The molecule has 1 aliphatic carbocycles. The molecule has 0 bridgehead atoms. The van der Waals surface area contributed by atoms with Crippen LogP contribution < -0.4 is 5.73 Å². The Morgan fingerprint density at radius 1 is 1.47 bits per heavy atom. The Balaban J connectivity index is 0.00000144. The van der Waals surface area contributed by atoms with Gasteiger partial charge in [-0.15, -0.1) is 12.4 Å². The van der Waals surface area contributed by atoms with Crippen molar-refractivity contribution in [3.05, 3.63) is 28.8 Å². The van der Waals surface area contributed by atoms with Gasteiger partial charge in [0, 0.05) is 11.6 Å². The minimum atomic E-state index is -1.04. The van der Waals surface area contributed by atoms with Crippen molar-refractivity contribution in [1.82, 2.24) is 0 Å². The first-order chi connectivity index (χ1) is 7.52. The number of hydrogen-bond donors (Lipinski definition) is 3. The molecule has 0 aliphatic heterocycles. The second-order valence-electron chi connectivity index (χ2n) is 4.36. The SMILES string of the molecule is Cc1ccc(C(=O)O)c([C@@H](N)C2CC2)c1O.Cl. The fourth-order valence-corrected chi connectivity index (χ4v) is 1.93. The van der Waals surface area contributed by atoms with Crippen LogP contribution in [-0.2, 0) is 0 Å². The maximum atomic E-state index is 11.1. The van der Waals surface area contributed by atoms with E-state index in [2.05, 4.69) is 0 Å². The van der Waals surface area contributed by atoms with Crippen LogP contribution in [0.5, 0.6) is 5.75 Å². The largest absolute Gasteiger partial charge is 0.507 e. The number of aromatic hydroxyl groups is 1. The number of halogens is 1. The summed E-state index contributed by atoms with van der Waals surface area (Å²) in [5.74, 6) is -0.702. The molecule has 0 saturated heterocycles. The Kier molecular flexibility index (Phi) is 4.01. The lowest BCUT2D eigenvalue weighted by molar-refractivity contribution is 0.0694. The minimum absolute atomic E-state index is 0. The van der Waals surface area contributed by atoms with E-state index in [1.54, 1.807) is 13.0 Å². The van der Waals surface area contributed by atoms with Crippen LogP contribution in [0.4, 0.5) is 0 Å². The van der Waals surface area contributed by atoms with E-state index in [-0.39, 0.29) is 29.8 Å². The van der Waals surface area contributed by atoms with Crippen LogP contribution in [0, 0.1) is 12.8 Å². The average Bonchev–Trinajstić information content (AvgIpc) is 3.04. The van der Waals surface area contributed by atoms with Crippen LogP contribution in [0.2, 0.25) is 0 Å². The van der Waals surface area contributed by atoms with E-state index in [9.17, 15) is 9.90 Å². The summed E-state index contributed by atoms with van der Waals surface area (Å²) in [4.78, 5) is 11.1. The van der Waals surface area contributed by atoms with Gasteiger partial charge >= 0.3 is 5.97 Å². The molecule has 1 atom stereocenters. The van der Waals surface area contributed by atoms with Crippen LogP contribution in [0.3, 0.4) is 0 Å². The molecular formula is C12H16ClNO3. The third-order valence-electron chi connectivity index (χ3n) is 3.11. The summed E-state index contributed by atoms with van der Waals surface area (Å²) in [5, 5.41) is 19.0. The van der Waals surface area contributed by atoms with Gasteiger partial charge in [-0.25, -0.2) is 4.79 Å². The van der Waals surface area contributed by atoms with Crippen molar-refractivity contribution in [2.24, 2.45) is 11.7 Å². The first kappa shape index (κ1) is 13.8. The lowest BCUT2D eigenvalue weighted by Gasteiger charge is -2.17. The number of benzene rings is 1. The van der Waals surface area contributed by atoms with Gasteiger partial charge in [-0.05, 0) is 37.3 Å². The number of carbonyl (C=O) groups is 1. The summed E-state index contributed by atoms with van der Waals surface area (Å²) >= 11 is 0. The number of aryl methyl sites for hydroxylation is 1. The number of nitrogens with two attached hydrogens (primary N) is 1. The number of carboxylic acids is 1. The van der Waals surface area contributed by atoms with Gasteiger partial charge in [0.05, 0.1) is 5.56 Å². The average molecular weight is 258 g/mol. The predicted molar refractivity (Wildman–Crippen MR) is 66.7 cm³/mol. The zero-order valence-electron chi connectivity index (χ0n) is 9.51. The van der Waals surface area contributed by atoms with Crippen molar-refractivity contribution < 1.29 is 15.0 Å². The van der Waals surface area contributed by atoms with Crippen LogP contribution >= 0.6 is 12.4 Å². The molecule has 1 aliphatic rings. The van der Waals surface area contributed by atoms with Crippen LogP contribution in [0.15, 0.2) is 12.1 Å². The fourth-order valence-electron chi connectivity index (χ4n) is 1.93. The molecule has 4 N–H and O–H groups in total. The van der Waals surface area contributed by atoms with Gasteiger partial charge < -0.3 is 15.9 Å². The molecule has 0 unspecified atom stereocenters. The van der Waals surface area contributed by atoms with Crippen molar-refractivity contribution >= 4 is 18.4 Å². The van der Waals surface area contributed by atoms with Gasteiger partial charge in [-0.1, -0.05) is 6.07 Å². The van der Waals surface area contributed by atoms with Crippen molar-refractivity contribution in [1.29, 1.82) is 0 Å². The highest BCUT2D eigenvalue weighted by molar-refractivity contribution is 5.90. The molecule has 94 valence electrons. The molecule has 0 amide bonds. The first-order valence-corrected chi connectivity index (χ1v) is 5.33. The van der Waals surface area contributed by atoms with E-state index in [4.69, 9.17) is 10.8 Å². The van der Waals surface area contributed by atoms with Crippen LogP contribution in [0.1, 0.15) is 40.4 Å². The number of carboxylic acid groups (broad SMARTS) is 1. The van der Waals surface area contributed by atoms with Gasteiger partial charge in [-0.3, -0.25) is 0 Å². The van der Waals surface area contributed by atoms with Crippen LogP contribution in [0.25, 0.3) is 0 Å². The zero-order chi connectivity index (χ0) is 11.9. The standard InChI is InChI=1S/C12H15NO3.ClH/c1-6-2-5-8(12(15)16)9(11(6)14)10(13)7-3-4-7;/h2,5,7,10,14H,3-4,13H2,1H3,(H,15,16);1H/t10-;/m0./s1. The Morgan fingerprint density at radius 2 is 2.06 bits per heavy atom. The van der Waals surface area contributed by atoms with E-state index in [0.29, 0.717) is 17.0 Å². The van der Waals surface area contributed by atoms with Gasteiger partial charge in [0.25, 0.3) is 0 Å². The van der Waals surface area contributed by atoms with Gasteiger partial charge in [0.1, 0.15) is 5.75 Å². The Bertz CT molecular complexity index is 444. The van der Waals surface area contributed by atoms with Gasteiger partial charge in [0.2, 0.25) is 0 Å². The normalized spacial score (nSPS) is 16.1. The maximum absolute atomic E-state index is 11.1. The quantitative estimate of drug-likeness (QED) is 0.775. The molecule has 4 nitrogen and oxygen atoms in total. The van der Waals surface area contributed by atoms with Crippen molar-refractivity contribution in [2.45, 2.75) is 25.8 Å². The first-order valence-electron chi connectivity index (χ1n) is 5.33. The van der Waals surface area contributed by atoms with Crippen molar-refractivity contribution in [3.63, 3.8) is 0 Å².